The van der Waals surface area contributed by atoms with Crippen molar-refractivity contribution in [2.24, 2.45) is 0 Å². The van der Waals surface area contributed by atoms with Gasteiger partial charge in [0.25, 0.3) is 0 Å². The van der Waals surface area contributed by atoms with Gasteiger partial charge >= 0.3 is 0 Å². The lowest BCUT2D eigenvalue weighted by molar-refractivity contribution is -0.116. The summed E-state index contributed by atoms with van der Waals surface area (Å²) in [6.07, 6.45) is 2.09. The van der Waals surface area contributed by atoms with Crippen molar-refractivity contribution in [2.45, 2.75) is 25.3 Å². The first kappa shape index (κ1) is 19.2. The summed E-state index contributed by atoms with van der Waals surface area (Å²) in [6, 6.07) is 12.5. The van der Waals surface area contributed by atoms with E-state index in [1.54, 1.807) is 17.9 Å². The molecule has 1 unspecified atom stereocenters. The number of carbonyl (C=O) groups is 1. The molecular formula is C22H18Cl2N4O2. The van der Waals surface area contributed by atoms with Crippen LogP contribution in [0.1, 0.15) is 30.9 Å². The van der Waals surface area contributed by atoms with Crippen molar-refractivity contribution >= 4 is 34.9 Å². The zero-order valence-corrected chi connectivity index (χ0v) is 17.7. The first-order valence-corrected chi connectivity index (χ1v) is 10.4. The molecule has 1 N–H and O–H groups in total. The maximum absolute atomic E-state index is 12.9. The van der Waals surface area contributed by atoms with Crippen molar-refractivity contribution in [3.8, 4) is 17.1 Å². The molecule has 0 saturated heterocycles. The Hall–Kier alpha value is -2.83. The molecule has 0 bridgehead atoms. The standard InChI is InChI=1S/C22H18Cl2N4O2/c1-30-13-10-8-12(9-11-13)21-26-22-25-16-6-3-7-17(29)18(16)20(28(22)27-21)14-4-2-5-15(23)19(14)24/h2,4-5,8-11,20H,3,6-7H2,1H3,(H,25,26,27). The van der Waals surface area contributed by atoms with E-state index in [0.717, 1.165) is 35.4 Å². The largest absolute Gasteiger partial charge is 0.497 e. The summed E-state index contributed by atoms with van der Waals surface area (Å²) in [5, 5.41) is 8.93. The van der Waals surface area contributed by atoms with E-state index >= 15 is 0 Å². The molecule has 0 saturated carbocycles. The normalized spacial score (nSPS) is 18.0. The number of rotatable bonds is 3. The Morgan fingerprint density at radius 3 is 2.70 bits per heavy atom. The van der Waals surface area contributed by atoms with Crippen LogP contribution in [0.3, 0.4) is 0 Å². The van der Waals surface area contributed by atoms with Crippen LogP contribution in [0.4, 0.5) is 5.95 Å². The Labute approximate surface area is 183 Å². The monoisotopic (exact) mass is 440 g/mol. The number of methoxy groups -OCH3 is 1. The van der Waals surface area contributed by atoms with Gasteiger partial charge in [-0.3, -0.25) is 4.79 Å². The van der Waals surface area contributed by atoms with Crippen LogP contribution in [0.15, 0.2) is 53.7 Å². The van der Waals surface area contributed by atoms with Crippen molar-refractivity contribution in [3.63, 3.8) is 0 Å². The van der Waals surface area contributed by atoms with Crippen LogP contribution in [-0.2, 0) is 4.79 Å². The van der Waals surface area contributed by atoms with E-state index in [2.05, 4.69) is 5.32 Å². The molecule has 2 aromatic carbocycles. The molecule has 0 spiro atoms. The van der Waals surface area contributed by atoms with Gasteiger partial charge in [-0.25, -0.2) is 4.68 Å². The second-order valence-electron chi connectivity index (χ2n) is 7.27. The van der Waals surface area contributed by atoms with E-state index in [9.17, 15) is 4.79 Å². The summed E-state index contributed by atoms with van der Waals surface area (Å²) >= 11 is 12.9. The predicted octanol–water partition coefficient (Wildman–Crippen LogP) is 5.28. The Balaban J connectivity index is 1.67. The number of ketones is 1. The van der Waals surface area contributed by atoms with Crippen LogP contribution in [0.2, 0.25) is 10.0 Å². The number of anilines is 1. The topological polar surface area (TPSA) is 69.0 Å². The van der Waals surface area contributed by atoms with Crippen molar-refractivity contribution < 1.29 is 9.53 Å². The van der Waals surface area contributed by atoms with Crippen molar-refractivity contribution in [1.29, 1.82) is 0 Å². The number of halogens is 2. The zero-order chi connectivity index (χ0) is 20.8. The van der Waals surface area contributed by atoms with Gasteiger partial charge in [-0.2, -0.15) is 4.98 Å². The van der Waals surface area contributed by atoms with Crippen molar-refractivity contribution in [2.75, 3.05) is 12.4 Å². The lowest BCUT2D eigenvalue weighted by Crippen LogP contribution is -2.31. The van der Waals surface area contributed by atoms with E-state index in [-0.39, 0.29) is 5.78 Å². The molecule has 0 radical (unpaired) electrons. The van der Waals surface area contributed by atoms with Crippen LogP contribution in [0.25, 0.3) is 11.4 Å². The molecule has 1 aliphatic carbocycles. The fourth-order valence-electron chi connectivity index (χ4n) is 4.04. The van der Waals surface area contributed by atoms with Gasteiger partial charge < -0.3 is 10.1 Å². The quantitative estimate of drug-likeness (QED) is 0.599. The minimum Gasteiger partial charge on any atom is -0.497 e. The zero-order valence-electron chi connectivity index (χ0n) is 16.2. The lowest BCUT2D eigenvalue weighted by Gasteiger charge is -2.32. The molecule has 3 aromatic rings. The number of fused-ring (bicyclic) bond motifs is 1. The van der Waals surface area contributed by atoms with Gasteiger partial charge in [0.2, 0.25) is 5.95 Å². The Morgan fingerprint density at radius 2 is 1.93 bits per heavy atom. The average molecular weight is 441 g/mol. The molecule has 1 aromatic heterocycles. The summed E-state index contributed by atoms with van der Waals surface area (Å²) < 4.78 is 6.97. The molecule has 152 valence electrons. The lowest BCUT2D eigenvalue weighted by atomic mass is 9.85. The summed E-state index contributed by atoms with van der Waals surface area (Å²) in [5.41, 5.74) is 3.15. The van der Waals surface area contributed by atoms with E-state index in [4.69, 9.17) is 38.0 Å². The third-order valence-corrected chi connectivity index (χ3v) is 6.33. The number of ether oxygens (including phenoxy) is 1. The minimum absolute atomic E-state index is 0.0944. The van der Waals surface area contributed by atoms with Crippen LogP contribution in [0, 0.1) is 0 Å². The van der Waals surface area contributed by atoms with E-state index in [1.165, 1.54) is 0 Å². The van der Waals surface area contributed by atoms with Crippen LogP contribution in [0.5, 0.6) is 5.75 Å². The first-order chi connectivity index (χ1) is 14.6. The highest BCUT2D eigenvalue weighted by atomic mass is 35.5. The van der Waals surface area contributed by atoms with Crippen LogP contribution >= 0.6 is 23.2 Å². The van der Waals surface area contributed by atoms with E-state index < -0.39 is 6.04 Å². The van der Waals surface area contributed by atoms with E-state index in [0.29, 0.717) is 33.8 Å². The molecule has 2 aliphatic rings. The summed E-state index contributed by atoms with van der Waals surface area (Å²) in [7, 11) is 1.62. The highest BCUT2D eigenvalue weighted by Gasteiger charge is 2.38. The molecule has 0 fully saturated rings. The number of hydrogen-bond donors (Lipinski definition) is 1. The molecule has 6 nitrogen and oxygen atoms in total. The van der Waals surface area contributed by atoms with Gasteiger partial charge in [0.1, 0.15) is 11.8 Å². The molecule has 2 heterocycles. The third kappa shape index (κ3) is 3.07. The minimum atomic E-state index is -0.477. The molecule has 8 heteroatoms. The number of nitrogens with zero attached hydrogens (tertiary/aromatic N) is 3. The van der Waals surface area contributed by atoms with Gasteiger partial charge in [0.05, 0.1) is 17.2 Å². The predicted molar refractivity (Wildman–Crippen MR) is 116 cm³/mol. The smallest absolute Gasteiger partial charge is 0.226 e. The average Bonchev–Trinajstić information content (AvgIpc) is 3.18. The second kappa shape index (κ2) is 7.45. The summed E-state index contributed by atoms with van der Waals surface area (Å²) in [6.45, 7) is 0. The molecule has 30 heavy (non-hydrogen) atoms. The fraction of sp³-hybridized carbons (Fsp3) is 0.227. The Bertz CT molecular complexity index is 1180. The highest BCUT2D eigenvalue weighted by molar-refractivity contribution is 6.42. The molecule has 1 aliphatic heterocycles. The maximum atomic E-state index is 12.9. The molecule has 1 atom stereocenters. The fourth-order valence-corrected chi connectivity index (χ4v) is 4.45. The number of nitrogens with one attached hydrogen (secondary N) is 1. The number of hydrogen-bond acceptors (Lipinski definition) is 5. The Kier molecular flexibility index (Phi) is 4.76. The number of carbonyl (C=O) groups excluding carboxylic acids is 1. The van der Waals surface area contributed by atoms with Crippen LogP contribution < -0.4 is 10.1 Å². The van der Waals surface area contributed by atoms with Gasteiger partial charge in [0.15, 0.2) is 11.6 Å². The molecule has 5 rings (SSSR count). The van der Waals surface area contributed by atoms with Gasteiger partial charge in [0, 0.05) is 28.8 Å². The highest BCUT2D eigenvalue weighted by Crippen LogP contribution is 2.43. The van der Waals surface area contributed by atoms with Gasteiger partial charge in [-0.15, -0.1) is 5.10 Å². The first-order valence-electron chi connectivity index (χ1n) is 9.65. The van der Waals surface area contributed by atoms with Crippen molar-refractivity contribution in [1.82, 2.24) is 14.8 Å². The summed E-state index contributed by atoms with van der Waals surface area (Å²) in [5.74, 6) is 1.98. The number of Topliss-reactive ketones (excluding diaryl/α,β-unsaturated/α-hetero) is 1. The molecule has 0 amide bonds. The second-order valence-corrected chi connectivity index (χ2v) is 8.06. The number of allylic oxidation sites excluding steroid dienone is 2. The summed E-state index contributed by atoms with van der Waals surface area (Å²) in [4.78, 5) is 17.6. The Morgan fingerprint density at radius 1 is 1.13 bits per heavy atom. The van der Waals surface area contributed by atoms with Crippen molar-refractivity contribution in [3.05, 3.63) is 69.3 Å². The number of benzene rings is 2. The molecular weight excluding hydrogens is 423 g/mol. The van der Waals surface area contributed by atoms with Gasteiger partial charge in [-0.05, 0) is 43.2 Å². The SMILES string of the molecule is COc1ccc(-c2nc3n(n2)C(c2cccc(Cl)c2Cl)C2=C(CCCC2=O)N3)cc1. The van der Waals surface area contributed by atoms with Gasteiger partial charge in [-0.1, -0.05) is 35.3 Å². The van der Waals surface area contributed by atoms with E-state index in [1.807, 2.05) is 36.4 Å². The van der Waals surface area contributed by atoms with Crippen LogP contribution in [-0.4, -0.2) is 27.7 Å². The third-order valence-electron chi connectivity index (χ3n) is 5.49. The number of aromatic nitrogens is 3. The maximum Gasteiger partial charge on any atom is 0.226 e.